The fourth-order valence-electron chi connectivity index (χ4n) is 1.35. The molecule has 0 bridgehead atoms. The van der Waals surface area contributed by atoms with Crippen molar-refractivity contribution in [3.63, 3.8) is 0 Å². The summed E-state index contributed by atoms with van der Waals surface area (Å²) in [7, 11) is 2.69. The second-order valence-electron chi connectivity index (χ2n) is 3.06. The topological polar surface area (TPSA) is 17.1 Å². The first-order chi connectivity index (χ1) is 7.88. The van der Waals surface area contributed by atoms with Crippen molar-refractivity contribution in [2.24, 2.45) is 0 Å². The van der Waals surface area contributed by atoms with E-state index in [1.165, 1.54) is 0 Å². The fourth-order valence-corrected chi connectivity index (χ4v) is 2.67. The average molecular weight is 344 g/mol. The third-order valence-corrected chi connectivity index (χ3v) is 3.79. The minimum atomic E-state index is -1.79. The molecular weight excluding hydrogens is 333 g/mol. The van der Waals surface area contributed by atoms with E-state index in [0.717, 1.165) is 10.6 Å². The van der Waals surface area contributed by atoms with Crippen LogP contribution < -0.4 is 10.6 Å². The van der Waals surface area contributed by atoms with Gasteiger partial charge in [0, 0.05) is 10.6 Å². The van der Waals surface area contributed by atoms with Crippen LogP contribution in [-0.4, -0.2) is 0 Å². The van der Waals surface area contributed by atoms with E-state index in [4.69, 9.17) is 0 Å². The Bertz CT molecular complexity index is 392. The van der Waals surface area contributed by atoms with Crippen LogP contribution >= 0.6 is 17.3 Å². The van der Waals surface area contributed by atoms with Gasteiger partial charge in [-0.3, -0.25) is 0 Å². The van der Waals surface area contributed by atoms with Gasteiger partial charge in [-0.25, -0.2) is 0 Å². The molecule has 2 aromatic rings. The monoisotopic (exact) mass is 343 g/mol. The van der Waals surface area contributed by atoms with Gasteiger partial charge in [-0.05, 0) is 0 Å². The zero-order valence-electron chi connectivity index (χ0n) is 8.38. The van der Waals surface area contributed by atoms with Crippen LogP contribution in [0.5, 0.6) is 0 Å². The molecule has 0 spiro atoms. The first-order valence-electron chi connectivity index (χ1n) is 4.65. The molecule has 1 nitrogen and oxygen atoms in total. The molecule has 0 radical (unpaired) electrons. The number of hydrogen-bond acceptors (Lipinski definition) is 1. The zero-order valence-corrected chi connectivity index (χ0v) is 11.7. The van der Waals surface area contributed by atoms with Gasteiger partial charge in [-0.15, -0.1) is 0 Å². The quantitative estimate of drug-likeness (QED) is 0.605. The van der Waals surface area contributed by atoms with Gasteiger partial charge < -0.3 is 4.57 Å². The molecule has 0 N–H and O–H groups in total. The maximum atomic E-state index is 12.0. The second kappa shape index (κ2) is 7.82. The van der Waals surface area contributed by atoms with Crippen LogP contribution in [0.2, 0.25) is 0 Å². The summed E-state index contributed by atoms with van der Waals surface area (Å²) in [4.78, 5) is 0. The van der Waals surface area contributed by atoms with Crippen molar-refractivity contribution in [3.05, 3.63) is 60.7 Å². The summed E-state index contributed by atoms with van der Waals surface area (Å²) in [5, 5.41) is 1.84. The Morgan fingerprint density at radius 2 is 1.06 bits per heavy atom. The van der Waals surface area contributed by atoms with Crippen LogP contribution in [0.25, 0.3) is 0 Å². The number of halogens is 1. The first kappa shape index (κ1) is 13.7. The van der Waals surface area contributed by atoms with Gasteiger partial charge in [0.25, 0.3) is 0 Å². The molecule has 0 aliphatic heterocycles. The van der Waals surface area contributed by atoms with Crippen molar-refractivity contribution >= 4 is 27.9 Å². The molecule has 0 aliphatic rings. The summed E-state index contributed by atoms with van der Waals surface area (Å²) in [5.74, 6) is 0. The fraction of sp³-hybridized carbons (Fsp3) is 0. The van der Waals surface area contributed by atoms with Gasteiger partial charge in [0.15, 0.2) is 0 Å². The maximum absolute atomic E-state index is 12.0. The van der Waals surface area contributed by atoms with Crippen molar-refractivity contribution in [2.45, 2.75) is 0 Å². The molecule has 0 aromatic heterocycles. The molecule has 0 saturated heterocycles. The van der Waals surface area contributed by atoms with Crippen LogP contribution in [-0.2, 0) is 22.7 Å². The van der Waals surface area contributed by atoms with Crippen molar-refractivity contribution in [3.8, 4) is 0 Å². The number of benzene rings is 2. The Morgan fingerprint density at radius 3 is 1.38 bits per heavy atom. The molecule has 0 heterocycles. The van der Waals surface area contributed by atoms with Crippen LogP contribution in [0.3, 0.4) is 0 Å². The van der Waals surface area contributed by atoms with Crippen molar-refractivity contribution in [1.29, 1.82) is 0 Å². The molecule has 4 heteroatoms. The van der Waals surface area contributed by atoms with Gasteiger partial charge in [0.05, 0.1) is 0 Å². The van der Waals surface area contributed by atoms with Crippen LogP contribution in [0.15, 0.2) is 60.7 Å². The molecule has 0 saturated carbocycles. The Balaban J connectivity index is 0.000000606. The van der Waals surface area contributed by atoms with Crippen LogP contribution in [0, 0.1) is 0 Å². The molecule has 16 heavy (non-hydrogen) atoms. The minimum absolute atomic E-state index is 0.920. The van der Waals surface area contributed by atoms with E-state index in [9.17, 15) is 4.57 Å². The molecule has 0 fully saturated rings. The van der Waals surface area contributed by atoms with Crippen LogP contribution in [0.1, 0.15) is 0 Å². The number of hydrogen-bond donors (Lipinski definition) is 0. The summed E-state index contributed by atoms with van der Waals surface area (Å²) in [6.07, 6.45) is 0. The number of rotatable bonds is 2. The van der Waals surface area contributed by atoms with E-state index >= 15 is 0 Å². The molecule has 87 valence electrons. The third kappa shape index (κ3) is 3.89. The van der Waals surface area contributed by atoms with E-state index in [-0.39, 0.29) is 0 Å². The standard InChI is InChI=1S/C12H11OP.ClH.Pd/c13-14(11-7-3-1-4-8-11)12-9-5-2-6-10-12;;/h1-10,14H;1H;/q;;+1/p-1. The van der Waals surface area contributed by atoms with Crippen molar-refractivity contribution < 1.29 is 22.7 Å². The van der Waals surface area contributed by atoms with E-state index in [1.54, 1.807) is 0 Å². The molecule has 0 atom stereocenters. The Hall–Kier alpha value is -0.378. The summed E-state index contributed by atoms with van der Waals surface area (Å²) in [6.45, 7) is 0. The van der Waals surface area contributed by atoms with Crippen molar-refractivity contribution in [2.75, 3.05) is 0 Å². The van der Waals surface area contributed by atoms with Gasteiger partial charge in [-0.1, -0.05) is 60.7 Å². The predicted molar refractivity (Wildman–Crippen MR) is 67.0 cm³/mol. The van der Waals surface area contributed by atoms with Gasteiger partial charge in [-0.2, -0.15) is 0 Å². The summed E-state index contributed by atoms with van der Waals surface area (Å²) in [5.41, 5.74) is 0. The zero-order chi connectivity index (χ0) is 11.8. The van der Waals surface area contributed by atoms with Gasteiger partial charge in [0.2, 0.25) is 0 Å². The Kier molecular flexibility index (Phi) is 6.69. The normalized spacial score (nSPS) is 9.50. The first-order valence-corrected chi connectivity index (χ1v) is 8.06. The van der Waals surface area contributed by atoms with E-state index in [2.05, 4.69) is 27.7 Å². The van der Waals surface area contributed by atoms with Crippen LogP contribution in [0.4, 0.5) is 0 Å². The molecule has 2 rings (SSSR count). The summed E-state index contributed by atoms with van der Waals surface area (Å²) >= 11 is 2.22. The Labute approximate surface area is 111 Å². The van der Waals surface area contributed by atoms with Gasteiger partial charge >= 0.3 is 27.7 Å². The second-order valence-corrected chi connectivity index (χ2v) is 4.87. The third-order valence-electron chi connectivity index (χ3n) is 2.07. The van der Waals surface area contributed by atoms with E-state index in [1.807, 2.05) is 60.7 Å². The Morgan fingerprint density at radius 1 is 0.750 bits per heavy atom. The summed E-state index contributed by atoms with van der Waals surface area (Å²) < 4.78 is 12.0. The predicted octanol–water partition coefficient (Wildman–Crippen LogP) is 2.88. The molecule has 2 aromatic carbocycles. The van der Waals surface area contributed by atoms with E-state index in [0.29, 0.717) is 0 Å². The molecular formula is C12H11ClOPPd. The SMILES string of the molecule is O=[PH](c1ccccc1)c1ccccc1.[Cl][Pd]. The molecule has 0 amide bonds. The van der Waals surface area contributed by atoms with Crippen molar-refractivity contribution in [1.82, 2.24) is 0 Å². The molecule has 0 unspecified atom stereocenters. The van der Waals surface area contributed by atoms with E-state index < -0.39 is 7.80 Å². The summed E-state index contributed by atoms with van der Waals surface area (Å²) in [6, 6.07) is 19.2. The van der Waals surface area contributed by atoms with Gasteiger partial charge in [0.1, 0.15) is 7.80 Å². The average Bonchev–Trinajstić information content (AvgIpc) is 2.42. The molecule has 0 aliphatic carbocycles.